The molecule has 3 aromatic heterocycles. The van der Waals surface area contributed by atoms with E-state index in [0.29, 0.717) is 17.5 Å². The van der Waals surface area contributed by atoms with Gasteiger partial charge in [-0.15, -0.1) is 0 Å². The van der Waals surface area contributed by atoms with Crippen molar-refractivity contribution < 1.29 is 4.42 Å². The van der Waals surface area contributed by atoms with Crippen LogP contribution in [0.5, 0.6) is 0 Å². The SMILES string of the molecule is Cn1c(=O)n(C)c2cc(-c3cccc(-c4nc(-c5ccccc5)nc(-c5ccccc5-c5ccc6c(c5)oc5ccccc56)n4)c3)ccc21. The van der Waals surface area contributed by atoms with E-state index in [-0.39, 0.29) is 5.69 Å². The van der Waals surface area contributed by atoms with Crippen LogP contribution in [0, 0.1) is 0 Å². The number of hydrogen-bond donors (Lipinski definition) is 0. The first-order valence-electron chi connectivity index (χ1n) is 16.1. The molecule has 49 heavy (non-hydrogen) atoms. The van der Waals surface area contributed by atoms with Crippen molar-refractivity contribution in [2.75, 3.05) is 0 Å². The highest BCUT2D eigenvalue weighted by Crippen LogP contribution is 2.37. The van der Waals surface area contributed by atoms with E-state index in [1.165, 1.54) is 0 Å². The minimum Gasteiger partial charge on any atom is -0.456 e. The molecule has 0 fully saturated rings. The van der Waals surface area contributed by atoms with E-state index in [1.807, 2.05) is 84.9 Å². The van der Waals surface area contributed by atoms with Crippen LogP contribution < -0.4 is 5.69 Å². The quantitative estimate of drug-likeness (QED) is 0.188. The first kappa shape index (κ1) is 28.6. The van der Waals surface area contributed by atoms with Crippen LogP contribution in [0.15, 0.2) is 149 Å². The predicted molar refractivity (Wildman–Crippen MR) is 196 cm³/mol. The maximum atomic E-state index is 12.6. The molecule has 9 aromatic rings. The fourth-order valence-corrected chi connectivity index (χ4v) is 6.69. The molecule has 0 aliphatic carbocycles. The van der Waals surface area contributed by atoms with Gasteiger partial charge in [-0.05, 0) is 58.7 Å². The third-order valence-corrected chi connectivity index (χ3v) is 9.25. The number of rotatable bonds is 5. The third kappa shape index (κ3) is 4.83. The Bertz CT molecular complexity index is 2770. The van der Waals surface area contributed by atoms with E-state index in [4.69, 9.17) is 19.4 Å². The summed E-state index contributed by atoms with van der Waals surface area (Å²) in [6, 6.07) is 46.9. The molecule has 0 atom stereocenters. The molecule has 0 spiro atoms. The van der Waals surface area contributed by atoms with Crippen LogP contribution in [0.4, 0.5) is 0 Å². The van der Waals surface area contributed by atoms with Crippen molar-refractivity contribution in [2.45, 2.75) is 0 Å². The molecular weight excluding hydrogens is 606 g/mol. The summed E-state index contributed by atoms with van der Waals surface area (Å²) in [5.41, 5.74) is 10.1. The van der Waals surface area contributed by atoms with E-state index < -0.39 is 0 Å². The van der Waals surface area contributed by atoms with E-state index >= 15 is 0 Å². The van der Waals surface area contributed by atoms with Crippen LogP contribution in [0.25, 0.3) is 89.4 Å². The molecule has 0 radical (unpaired) electrons. The van der Waals surface area contributed by atoms with Gasteiger partial charge in [-0.3, -0.25) is 9.13 Å². The van der Waals surface area contributed by atoms with Gasteiger partial charge in [-0.25, -0.2) is 19.7 Å². The first-order valence-corrected chi connectivity index (χ1v) is 16.1. The van der Waals surface area contributed by atoms with Gasteiger partial charge < -0.3 is 4.42 Å². The fourth-order valence-electron chi connectivity index (χ4n) is 6.69. The Hall–Kier alpha value is -6.60. The Morgan fingerprint density at radius 1 is 0.449 bits per heavy atom. The second-order valence-electron chi connectivity index (χ2n) is 12.2. The Morgan fingerprint density at radius 3 is 1.92 bits per heavy atom. The van der Waals surface area contributed by atoms with Gasteiger partial charge in [0, 0.05) is 41.6 Å². The lowest BCUT2D eigenvalue weighted by atomic mass is 9.98. The van der Waals surface area contributed by atoms with Gasteiger partial charge in [0.25, 0.3) is 0 Å². The van der Waals surface area contributed by atoms with Crippen molar-refractivity contribution in [1.82, 2.24) is 24.1 Å². The second kappa shape index (κ2) is 11.3. The molecule has 3 heterocycles. The zero-order valence-electron chi connectivity index (χ0n) is 26.8. The largest absolute Gasteiger partial charge is 0.456 e. The Kier molecular flexibility index (Phi) is 6.59. The van der Waals surface area contributed by atoms with Gasteiger partial charge in [0.2, 0.25) is 0 Å². The summed E-state index contributed by atoms with van der Waals surface area (Å²) in [6.45, 7) is 0. The Labute approximate surface area is 281 Å². The first-order chi connectivity index (χ1) is 24.0. The zero-order chi connectivity index (χ0) is 33.1. The van der Waals surface area contributed by atoms with Crippen LogP contribution in [0.2, 0.25) is 0 Å². The molecule has 7 heteroatoms. The van der Waals surface area contributed by atoms with E-state index in [9.17, 15) is 4.79 Å². The van der Waals surface area contributed by atoms with Crippen molar-refractivity contribution in [3.8, 4) is 56.4 Å². The van der Waals surface area contributed by atoms with E-state index in [0.717, 1.165) is 71.9 Å². The average molecular weight is 636 g/mol. The number of aryl methyl sites for hydroxylation is 2. The van der Waals surface area contributed by atoms with Gasteiger partial charge in [-0.2, -0.15) is 0 Å². The molecule has 0 saturated carbocycles. The normalized spacial score (nSPS) is 11.6. The molecule has 0 unspecified atom stereocenters. The van der Waals surface area contributed by atoms with Crippen LogP contribution in [-0.4, -0.2) is 24.1 Å². The molecule has 7 nitrogen and oxygen atoms in total. The highest BCUT2D eigenvalue weighted by atomic mass is 16.3. The van der Waals surface area contributed by atoms with Gasteiger partial charge in [0.15, 0.2) is 17.5 Å². The van der Waals surface area contributed by atoms with Crippen molar-refractivity contribution in [3.63, 3.8) is 0 Å². The van der Waals surface area contributed by atoms with Crippen molar-refractivity contribution >= 4 is 33.0 Å². The maximum absolute atomic E-state index is 12.6. The number of hydrogen-bond acceptors (Lipinski definition) is 5. The number of para-hydroxylation sites is 1. The van der Waals surface area contributed by atoms with Crippen LogP contribution in [0.3, 0.4) is 0 Å². The topological polar surface area (TPSA) is 78.7 Å². The van der Waals surface area contributed by atoms with Crippen molar-refractivity contribution in [1.29, 1.82) is 0 Å². The number of imidazole rings is 1. The number of benzene rings is 6. The smallest absolute Gasteiger partial charge is 0.328 e. The summed E-state index contributed by atoms with van der Waals surface area (Å²) in [6.07, 6.45) is 0. The predicted octanol–water partition coefficient (Wildman–Crippen LogP) is 9.30. The Balaban J connectivity index is 1.19. The molecule has 0 aliphatic rings. The number of nitrogens with zero attached hydrogens (tertiary/aromatic N) is 5. The molecule has 0 bridgehead atoms. The Morgan fingerprint density at radius 2 is 1.06 bits per heavy atom. The summed E-state index contributed by atoms with van der Waals surface area (Å²) in [5.74, 6) is 1.74. The van der Waals surface area contributed by atoms with Gasteiger partial charge in [0.1, 0.15) is 11.2 Å². The summed E-state index contributed by atoms with van der Waals surface area (Å²) in [7, 11) is 3.60. The van der Waals surface area contributed by atoms with Crippen LogP contribution in [0.1, 0.15) is 0 Å². The molecule has 0 amide bonds. The number of fused-ring (bicyclic) bond motifs is 4. The highest BCUT2D eigenvalue weighted by Gasteiger charge is 2.17. The lowest BCUT2D eigenvalue weighted by Gasteiger charge is -2.12. The fraction of sp³-hybridized carbons (Fsp3) is 0.0476. The molecule has 0 aliphatic heterocycles. The lowest BCUT2D eigenvalue weighted by Crippen LogP contribution is -2.19. The molecule has 0 N–H and O–H groups in total. The number of furan rings is 1. The maximum Gasteiger partial charge on any atom is 0.328 e. The molecular formula is C42H29N5O2. The average Bonchev–Trinajstić information content (AvgIpc) is 3.64. The second-order valence-corrected chi connectivity index (χ2v) is 12.2. The summed E-state index contributed by atoms with van der Waals surface area (Å²) < 4.78 is 9.58. The molecule has 234 valence electrons. The van der Waals surface area contributed by atoms with Crippen LogP contribution in [-0.2, 0) is 14.1 Å². The lowest BCUT2D eigenvalue weighted by molar-refractivity contribution is 0.669. The number of aromatic nitrogens is 5. The summed E-state index contributed by atoms with van der Waals surface area (Å²) >= 11 is 0. The molecule has 9 rings (SSSR count). The standard InChI is InChI=1S/C42H29N5O2/c1-46-35-22-20-28(24-36(35)47(2)42(46)48)27-13-10-14-30(23-27)40-43-39(26-11-4-3-5-12-26)44-41(45-40)34-17-7-6-15-31(34)29-19-21-33-32-16-8-9-18-37(32)49-38(33)25-29/h3-25H,1-2H3. The van der Waals surface area contributed by atoms with E-state index in [1.54, 1.807) is 23.2 Å². The van der Waals surface area contributed by atoms with Gasteiger partial charge in [0.05, 0.1) is 11.0 Å². The van der Waals surface area contributed by atoms with Gasteiger partial charge in [-0.1, -0.05) is 103 Å². The highest BCUT2D eigenvalue weighted by molar-refractivity contribution is 6.06. The van der Waals surface area contributed by atoms with Crippen LogP contribution >= 0.6 is 0 Å². The van der Waals surface area contributed by atoms with Crippen molar-refractivity contribution in [2.24, 2.45) is 14.1 Å². The zero-order valence-corrected chi connectivity index (χ0v) is 26.8. The molecule has 6 aromatic carbocycles. The third-order valence-electron chi connectivity index (χ3n) is 9.25. The van der Waals surface area contributed by atoms with Crippen molar-refractivity contribution in [3.05, 3.63) is 150 Å². The summed E-state index contributed by atoms with van der Waals surface area (Å²) in [5, 5.41) is 2.18. The minimum absolute atomic E-state index is 0.0511. The minimum atomic E-state index is -0.0511. The summed E-state index contributed by atoms with van der Waals surface area (Å²) in [4.78, 5) is 27.7. The van der Waals surface area contributed by atoms with E-state index in [2.05, 4.69) is 54.6 Å². The van der Waals surface area contributed by atoms with Gasteiger partial charge >= 0.3 is 5.69 Å². The monoisotopic (exact) mass is 635 g/mol. The molecule has 0 saturated heterocycles.